The molecule has 1 aliphatic heterocycles. The quantitative estimate of drug-likeness (QED) is 0.872. The van der Waals surface area contributed by atoms with Crippen LogP contribution in [0.1, 0.15) is 19.3 Å². The lowest BCUT2D eigenvalue weighted by molar-refractivity contribution is -0.149. The first-order valence-electron chi connectivity index (χ1n) is 7.35. The van der Waals surface area contributed by atoms with E-state index in [1.165, 1.54) is 15.5 Å². The number of pyridine rings is 1. The molecule has 2 aliphatic rings. The van der Waals surface area contributed by atoms with E-state index in [1.807, 2.05) is 0 Å². The predicted octanol–water partition coefficient (Wildman–Crippen LogP) is 1.32. The van der Waals surface area contributed by atoms with Gasteiger partial charge in [0.1, 0.15) is 12.6 Å². The highest BCUT2D eigenvalue weighted by molar-refractivity contribution is 9.10. The van der Waals surface area contributed by atoms with E-state index in [4.69, 9.17) is 0 Å². The zero-order valence-corrected chi connectivity index (χ0v) is 13.5. The van der Waals surface area contributed by atoms with Crippen molar-refractivity contribution < 1.29 is 14.7 Å². The van der Waals surface area contributed by atoms with Crippen LogP contribution in [0, 0.1) is 11.8 Å². The maximum Gasteiger partial charge on any atom is 0.326 e. The smallest absolute Gasteiger partial charge is 0.326 e. The van der Waals surface area contributed by atoms with Crippen LogP contribution in [0.4, 0.5) is 0 Å². The highest BCUT2D eigenvalue weighted by Crippen LogP contribution is 2.42. The summed E-state index contributed by atoms with van der Waals surface area (Å²) in [4.78, 5) is 37.3. The topological polar surface area (TPSA) is 79.6 Å². The summed E-state index contributed by atoms with van der Waals surface area (Å²) in [6, 6.07) is 2.25. The highest BCUT2D eigenvalue weighted by Gasteiger charge is 2.49. The van der Waals surface area contributed by atoms with Gasteiger partial charge in [0.2, 0.25) is 5.91 Å². The molecule has 1 saturated carbocycles. The van der Waals surface area contributed by atoms with Gasteiger partial charge >= 0.3 is 5.97 Å². The second-order valence-electron chi connectivity index (χ2n) is 6.00. The lowest BCUT2D eigenvalue weighted by atomic mass is 9.94. The van der Waals surface area contributed by atoms with Crippen LogP contribution in [0.5, 0.6) is 0 Å². The van der Waals surface area contributed by atoms with E-state index in [2.05, 4.69) is 15.9 Å². The fourth-order valence-corrected chi connectivity index (χ4v) is 4.12. The maximum atomic E-state index is 12.5. The van der Waals surface area contributed by atoms with Crippen molar-refractivity contribution in [2.75, 3.05) is 6.54 Å². The number of halogens is 1. The van der Waals surface area contributed by atoms with Crippen LogP contribution in [-0.4, -0.2) is 39.0 Å². The summed E-state index contributed by atoms with van der Waals surface area (Å²) in [7, 11) is 0. The Morgan fingerprint density at radius 2 is 2.09 bits per heavy atom. The van der Waals surface area contributed by atoms with Gasteiger partial charge in [0, 0.05) is 23.3 Å². The Morgan fingerprint density at radius 3 is 2.82 bits per heavy atom. The molecule has 118 valence electrons. The van der Waals surface area contributed by atoms with Crippen molar-refractivity contribution in [3.63, 3.8) is 0 Å². The molecule has 2 heterocycles. The van der Waals surface area contributed by atoms with Crippen LogP contribution in [0.25, 0.3) is 0 Å². The third-order valence-electron chi connectivity index (χ3n) is 4.72. The lowest BCUT2D eigenvalue weighted by Crippen LogP contribution is -2.45. The SMILES string of the molecule is O=C(O)C1C2CCCC2CN1C(=O)Cn1cc(Br)ccc1=O. The van der Waals surface area contributed by atoms with E-state index in [-0.39, 0.29) is 29.8 Å². The van der Waals surface area contributed by atoms with Crippen LogP contribution in [0.3, 0.4) is 0 Å². The average molecular weight is 369 g/mol. The summed E-state index contributed by atoms with van der Waals surface area (Å²) in [6.07, 6.45) is 4.43. The number of carbonyl (C=O) groups is 2. The van der Waals surface area contributed by atoms with Gasteiger partial charge in [0.25, 0.3) is 5.56 Å². The van der Waals surface area contributed by atoms with Gasteiger partial charge in [-0.05, 0) is 46.7 Å². The van der Waals surface area contributed by atoms with Crippen LogP contribution in [-0.2, 0) is 16.1 Å². The molecule has 0 aromatic carbocycles. The molecule has 1 saturated heterocycles. The van der Waals surface area contributed by atoms with Gasteiger partial charge < -0.3 is 14.6 Å². The fraction of sp³-hybridized carbons (Fsp3) is 0.533. The maximum absolute atomic E-state index is 12.5. The van der Waals surface area contributed by atoms with Gasteiger partial charge in [0.05, 0.1) is 0 Å². The number of carboxylic acids is 1. The Hall–Kier alpha value is -1.63. The number of rotatable bonds is 3. The Labute approximate surface area is 135 Å². The summed E-state index contributed by atoms with van der Waals surface area (Å²) in [5, 5.41) is 9.47. The van der Waals surface area contributed by atoms with Crippen molar-refractivity contribution in [1.82, 2.24) is 9.47 Å². The zero-order valence-electron chi connectivity index (χ0n) is 11.9. The monoisotopic (exact) mass is 368 g/mol. The first kappa shape index (κ1) is 15.3. The van der Waals surface area contributed by atoms with Gasteiger partial charge in [-0.3, -0.25) is 9.59 Å². The molecule has 0 bridgehead atoms. The highest BCUT2D eigenvalue weighted by atomic mass is 79.9. The number of aromatic nitrogens is 1. The van der Waals surface area contributed by atoms with Crippen molar-refractivity contribution >= 4 is 27.8 Å². The minimum absolute atomic E-state index is 0.0562. The minimum atomic E-state index is -0.940. The number of hydrogen-bond acceptors (Lipinski definition) is 3. The number of nitrogens with zero attached hydrogens (tertiary/aromatic N) is 2. The molecular formula is C15H17BrN2O4. The lowest BCUT2D eigenvalue weighted by Gasteiger charge is -2.24. The number of aliphatic carboxylic acids is 1. The normalized spacial score (nSPS) is 27.0. The van der Waals surface area contributed by atoms with Gasteiger partial charge in [-0.1, -0.05) is 6.42 Å². The first-order chi connectivity index (χ1) is 10.5. The van der Waals surface area contributed by atoms with E-state index in [0.717, 1.165) is 19.3 Å². The fourth-order valence-electron chi connectivity index (χ4n) is 3.74. The van der Waals surface area contributed by atoms with Crippen molar-refractivity contribution in [3.8, 4) is 0 Å². The molecule has 3 unspecified atom stereocenters. The standard InChI is InChI=1S/C15H17BrN2O4/c16-10-4-5-12(19)17(7-10)8-13(20)18-6-9-2-1-3-11(9)14(18)15(21)22/h4-5,7,9,11,14H,1-3,6,8H2,(H,21,22). The first-order valence-corrected chi connectivity index (χ1v) is 8.15. The molecule has 0 spiro atoms. The second-order valence-corrected chi connectivity index (χ2v) is 6.91. The van der Waals surface area contributed by atoms with E-state index < -0.39 is 12.0 Å². The zero-order chi connectivity index (χ0) is 15.9. The van der Waals surface area contributed by atoms with Crippen LogP contribution in [0.2, 0.25) is 0 Å². The molecule has 1 aliphatic carbocycles. The van der Waals surface area contributed by atoms with E-state index in [9.17, 15) is 19.5 Å². The van der Waals surface area contributed by atoms with Crippen molar-refractivity contribution in [2.24, 2.45) is 11.8 Å². The van der Waals surface area contributed by atoms with Gasteiger partial charge in [-0.25, -0.2) is 4.79 Å². The number of hydrogen-bond donors (Lipinski definition) is 1. The van der Waals surface area contributed by atoms with E-state index in [0.29, 0.717) is 11.0 Å². The number of likely N-dealkylation sites (tertiary alicyclic amines) is 1. The third kappa shape index (κ3) is 2.69. The molecule has 7 heteroatoms. The molecule has 2 fully saturated rings. The summed E-state index contributed by atoms with van der Waals surface area (Å²) in [5.41, 5.74) is -0.275. The number of amides is 1. The molecule has 1 aromatic heterocycles. The van der Waals surface area contributed by atoms with Crippen molar-refractivity contribution in [1.29, 1.82) is 0 Å². The number of carbonyl (C=O) groups excluding carboxylic acids is 1. The Kier molecular flexibility index (Phi) is 4.08. The Balaban J connectivity index is 1.81. The largest absolute Gasteiger partial charge is 0.480 e. The summed E-state index contributed by atoms with van der Waals surface area (Å²) in [6.45, 7) is 0.366. The number of fused-ring (bicyclic) bond motifs is 1. The molecule has 6 nitrogen and oxygen atoms in total. The Bertz CT molecular complexity index is 672. The van der Waals surface area contributed by atoms with Gasteiger partial charge in [-0.15, -0.1) is 0 Å². The Morgan fingerprint density at radius 1 is 1.32 bits per heavy atom. The van der Waals surface area contributed by atoms with E-state index >= 15 is 0 Å². The summed E-state index contributed by atoms with van der Waals surface area (Å²) >= 11 is 3.27. The molecule has 1 aromatic rings. The van der Waals surface area contributed by atoms with Crippen LogP contribution >= 0.6 is 15.9 Å². The molecule has 22 heavy (non-hydrogen) atoms. The summed E-state index contributed by atoms with van der Waals surface area (Å²) < 4.78 is 2.01. The second kappa shape index (κ2) is 5.87. The van der Waals surface area contributed by atoms with E-state index in [1.54, 1.807) is 12.3 Å². The molecular weight excluding hydrogens is 352 g/mol. The number of carboxylic acid groups (broad SMARTS) is 1. The van der Waals surface area contributed by atoms with Crippen LogP contribution in [0.15, 0.2) is 27.6 Å². The predicted molar refractivity (Wildman–Crippen MR) is 82.4 cm³/mol. The molecule has 3 atom stereocenters. The van der Waals surface area contributed by atoms with Gasteiger partial charge in [-0.2, -0.15) is 0 Å². The third-order valence-corrected chi connectivity index (χ3v) is 5.19. The molecule has 0 radical (unpaired) electrons. The molecule has 1 N–H and O–H groups in total. The van der Waals surface area contributed by atoms with Crippen molar-refractivity contribution in [3.05, 3.63) is 33.2 Å². The molecule has 3 rings (SSSR count). The van der Waals surface area contributed by atoms with Crippen LogP contribution < -0.4 is 5.56 Å². The summed E-state index contributed by atoms with van der Waals surface area (Å²) in [5.74, 6) is -0.906. The van der Waals surface area contributed by atoms with Crippen molar-refractivity contribution in [2.45, 2.75) is 31.8 Å². The van der Waals surface area contributed by atoms with Gasteiger partial charge in [0.15, 0.2) is 0 Å². The molecule has 1 amide bonds. The minimum Gasteiger partial charge on any atom is -0.480 e. The average Bonchev–Trinajstić information content (AvgIpc) is 3.02.